The summed E-state index contributed by atoms with van der Waals surface area (Å²) in [6.07, 6.45) is -0.978. The molecule has 0 spiro atoms. The minimum absolute atomic E-state index is 0.316. The first kappa shape index (κ1) is 12.4. The Morgan fingerprint density at radius 2 is 2.31 bits per heavy atom. The van der Waals surface area contributed by atoms with Crippen LogP contribution in [-0.4, -0.2) is 25.9 Å². The van der Waals surface area contributed by atoms with Gasteiger partial charge in [0, 0.05) is 12.8 Å². The predicted octanol–water partition coefficient (Wildman–Crippen LogP) is 2.41. The molecule has 0 aliphatic rings. The van der Waals surface area contributed by atoms with Crippen LogP contribution in [0, 0.1) is 5.82 Å². The molecular formula is C11H14FNO3. The summed E-state index contributed by atoms with van der Waals surface area (Å²) in [5.41, 5.74) is 0.356. The molecule has 0 aromatic heterocycles. The topological polar surface area (TPSA) is 47.6 Å². The van der Waals surface area contributed by atoms with E-state index in [9.17, 15) is 9.18 Å². The maximum atomic E-state index is 12.8. The molecule has 16 heavy (non-hydrogen) atoms. The molecular weight excluding hydrogens is 213 g/mol. The molecule has 0 saturated carbocycles. The van der Waals surface area contributed by atoms with Gasteiger partial charge in [0.25, 0.3) is 0 Å². The lowest BCUT2D eigenvalue weighted by molar-refractivity contribution is 0.0564. The van der Waals surface area contributed by atoms with E-state index in [0.29, 0.717) is 12.3 Å². The quantitative estimate of drug-likeness (QED) is 0.859. The number of ether oxygens (including phenoxy) is 2. The van der Waals surface area contributed by atoms with E-state index in [1.807, 2.05) is 0 Å². The van der Waals surface area contributed by atoms with Crippen LogP contribution < -0.4 is 5.32 Å². The van der Waals surface area contributed by atoms with Gasteiger partial charge in [-0.05, 0) is 25.1 Å². The summed E-state index contributed by atoms with van der Waals surface area (Å²) in [6.45, 7) is 2.02. The Balaban J connectivity index is 2.45. The molecule has 1 amide bonds. The normalized spacial score (nSPS) is 11.9. The average molecular weight is 227 g/mol. The molecule has 0 saturated heterocycles. The fourth-order valence-corrected chi connectivity index (χ4v) is 1.17. The Hall–Kier alpha value is -1.62. The molecule has 0 aliphatic heterocycles. The number of hydrogen-bond donors (Lipinski definition) is 1. The number of carbonyl (C=O) groups excluding carboxylic acids is 1. The van der Waals surface area contributed by atoms with Crippen molar-refractivity contribution in [2.24, 2.45) is 0 Å². The van der Waals surface area contributed by atoms with Crippen molar-refractivity contribution in [1.29, 1.82) is 0 Å². The first-order valence-electron chi connectivity index (χ1n) is 4.84. The number of carbonyl (C=O) groups is 1. The largest absolute Gasteiger partial charge is 0.444 e. The minimum atomic E-state index is -0.629. The fraction of sp³-hybridized carbons (Fsp3) is 0.364. The molecule has 1 unspecified atom stereocenters. The lowest BCUT2D eigenvalue weighted by Gasteiger charge is -2.12. The van der Waals surface area contributed by atoms with Crippen LogP contribution >= 0.6 is 0 Å². The second-order valence-corrected chi connectivity index (χ2v) is 3.31. The minimum Gasteiger partial charge on any atom is -0.444 e. The van der Waals surface area contributed by atoms with Crippen molar-refractivity contribution in [3.63, 3.8) is 0 Å². The number of rotatable bonds is 4. The summed E-state index contributed by atoms with van der Waals surface area (Å²) in [6, 6.07) is 5.58. The summed E-state index contributed by atoms with van der Waals surface area (Å²) >= 11 is 0. The highest BCUT2D eigenvalue weighted by Gasteiger charge is 2.09. The number of methoxy groups -OCH3 is 1. The molecule has 1 aromatic carbocycles. The van der Waals surface area contributed by atoms with E-state index in [4.69, 9.17) is 9.47 Å². The molecule has 1 aromatic rings. The fourth-order valence-electron chi connectivity index (χ4n) is 1.17. The molecule has 1 atom stereocenters. The third-order valence-corrected chi connectivity index (χ3v) is 1.78. The van der Waals surface area contributed by atoms with Gasteiger partial charge in [0.2, 0.25) is 0 Å². The van der Waals surface area contributed by atoms with Gasteiger partial charge >= 0.3 is 6.09 Å². The van der Waals surface area contributed by atoms with E-state index in [-0.39, 0.29) is 6.10 Å². The van der Waals surface area contributed by atoms with Crippen molar-refractivity contribution in [2.45, 2.75) is 13.0 Å². The van der Waals surface area contributed by atoms with Gasteiger partial charge in [0.1, 0.15) is 11.9 Å². The Labute approximate surface area is 93.4 Å². The SMILES string of the molecule is COCC(C)OC(=O)Nc1cccc(F)c1. The third-order valence-electron chi connectivity index (χ3n) is 1.78. The first-order valence-corrected chi connectivity index (χ1v) is 4.84. The zero-order chi connectivity index (χ0) is 12.0. The van der Waals surface area contributed by atoms with Crippen molar-refractivity contribution in [3.8, 4) is 0 Å². The van der Waals surface area contributed by atoms with Gasteiger partial charge in [-0.25, -0.2) is 9.18 Å². The number of anilines is 1. The highest BCUT2D eigenvalue weighted by molar-refractivity contribution is 5.84. The molecule has 0 bridgehead atoms. The zero-order valence-electron chi connectivity index (χ0n) is 9.20. The second-order valence-electron chi connectivity index (χ2n) is 3.31. The van der Waals surface area contributed by atoms with E-state index in [1.54, 1.807) is 13.0 Å². The number of benzene rings is 1. The summed E-state index contributed by atoms with van der Waals surface area (Å²) in [4.78, 5) is 11.3. The van der Waals surface area contributed by atoms with E-state index >= 15 is 0 Å². The summed E-state index contributed by atoms with van der Waals surface area (Å²) in [5.74, 6) is -0.414. The average Bonchev–Trinajstić information content (AvgIpc) is 2.17. The molecule has 4 nitrogen and oxygen atoms in total. The number of hydrogen-bond acceptors (Lipinski definition) is 3. The second kappa shape index (κ2) is 6.07. The van der Waals surface area contributed by atoms with Crippen molar-refractivity contribution in [1.82, 2.24) is 0 Å². The van der Waals surface area contributed by atoms with Gasteiger partial charge in [0.05, 0.1) is 6.61 Å². The lowest BCUT2D eigenvalue weighted by Crippen LogP contribution is -2.23. The standard InChI is InChI=1S/C11H14FNO3/c1-8(7-15-2)16-11(14)13-10-5-3-4-9(12)6-10/h3-6,8H,7H2,1-2H3,(H,13,14). The third kappa shape index (κ3) is 4.27. The number of nitrogens with one attached hydrogen (secondary N) is 1. The maximum Gasteiger partial charge on any atom is 0.411 e. The summed E-state index contributed by atoms with van der Waals surface area (Å²) in [5, 5.41) is 2.42. The van der Waals surface area contributed by atoms with E-state index in [1.165, 1.54) is 25.3 Å². The van der Waals surface area contributed by atoms with Crippen LogP contribution in [0.4, 0.5) is 14.9 Å². The molecule has 1 N–H and O–H groups in total. The summed E-state index contributed by atoms with van der Waals surface area (Å²) < 4.78 is 22.5. The predicted molar refractivity (Wildman–Crippen MR) is 57.8 cm³/mol. The van der Waals surface area contributed by atoms with Gasteiger partial charge < -0.3 is 9.47 Å². The molecule has 5 heteroatoms. The molecule has 1 rings (SSSR count). The van der Waals surface area contributed by atoms with Crippen molar-refractivity contribution in [3.05, 3.63) is 30.1 Å². The van der Waals surface area contributed by atoms with E-state index < -0.39 is 11.9 Å². The Morgan fingerprint density at radius 3 is 2.94 bits per heavy atom. The molecule has 0 radical (unpaired) electrons. The van der Waals surface area contributed by atoms with E-state index in [0.717, 1.165) is 0 Å². The lowest BCUT2D eigenvalue weighted by atomic mass is 10.3. The van der Waals surface area contributed by atoms with Crippen LogP contribution in [0.15, 0.2) is 24.3 Å². The number of halogens is 1. The van der Waals surface area contributed by atoms with E-state index in [2.05, 4.69) is 5.32 Å². The Morgan fingerprint density at radius 1 is 1.56 bits per heavy atom. The molecule has 88 valence electrons. The highest BCUT2D eigenvalue weighted by Crippen LogP contribution is 2.09. The van der Waals surface area contributed by atoms with Gasteiger partial charge in [-0.2, -0.15) is 0 Å². The van der Waals surface area contributed by atoms with Crippen LogP contribution in [0.1, 0.15) is 6.92 Å². The smallest absolute Gasteiger partial charge is 0.411 e. The van der Waals surface area contributed by atoms with Gasteiger partial charge in [0.15, 0.2) is 0 Å². The Kier molecular flexibility index (Phi) is 4.72. The van der Waals surface area contributed by atoms with Gasteiger partial charge in [-0.3, -0.25) is 5.32 Å². The van der Waals surface area contributed by atoms with Crippen LogP contribution in [0.2, 0.25) is 0 Å². The van der Waals surface area contributed by atoms with Crippen LogP contribution in [0.3, 0.4) is 0 Å². The zero-order valence-corrected chi connectivity index (χ0v) is 9.20. The summed E-state index contributed by atoms with van der Waals surface area (Å²) in [7, 11) is 1.52. The van der Waals surface area contributed by atoms with Crippen LogP contribution in [0.25, 0.3) is 0 Å². The van der Waals surface area contributed by atoms with Crippen molar-refractivity contribution in [2.75, 3.05) is 19.0 Å². The van der Waals surface area contributed by atoms with Crippen LogP contribution in [0.5, 0.6) is 0 Å². The van der Waals surface area contributed by atoms with Gasteiger partial charge in [-0.1, -0.05) is 6.07 Å². The molecule has 0 aliphatic carbocycles. The monoisotopic (exact) mass is 227 g/mol. The maximum absolute atomic E-state index is 12.8. The van der Waals surface area contributed by atoms with Crippen molar-refractivity contribution >= 4 is 11.8 Å². The number of amides is 1. The van der Waals surface area contributed by atoms with Crippen LogP contribution in [-0.2, 0) is 9.47 Å². The highest BCUT2D eigenvalue weighted by atomic mass is 19.1. The van der Waals surface area contributed by atoms with Crippen molar-refractivity contribution < 1.29 is 18.7 Å². The van der Waals surface area contributed by atoms with Gasteiger partial charge in [-0.15, -0.1) is 0 Å². The Bertz CT molecular complexity index is 357. The molecule has 0 heterocycles. The molecule has 0 fully saturated rings. The first-order chi connectivity index (χ1) is 7.61.